The molecule has 68 valence electrons. The van der Waals surface area contributed by atoms with Crippen molar-refractivity contribution in [1.29, 1.82) is 5.26 Å². The molecule has 0 bridgehead atoms. The van der Waals surface area contributed by atoms with Gasteiger partial charge in [-0.2, -0.15) is 5.26 Å². The molecule has 0 N–H and O–H groups in total. The number of nitriles is 1. The van der Waals surface area contributed by atoms with Gasteiger partial charge in [-0.05, 0) is 22.6 Å². The maximum absolute atomic E-state index is 8.78. The van der Waals surface area contributed by atoms with E-state index in [0.29, 0.717) is 11.6 Å². The van der Waals surface area contributed by atoms with E-state index >= 15 is 0 Å². The van der Waals surface area contributed by atoms with Gasteiger partial charge in [-0.25, -0.2) is 15.0 Å². The van der Waals surface area contributed by atoms with Crippen molar-refractivity contribution in [3.63, 3.8) is 0 Å². The lowest BCUT2D eigenvalue weighted by molar-refractivity contribution is 0.939. The molecule has 0 amide bonds. The standard InChI is InChI=1S/C8H4IN5/c9-6-4-11-5-13-8(6)14-2-1-12-7(14)3-10/h1-2,4-5H. The van der Waals surface area contributed by atoms with Crippen LogP contribution in [0.4, 0.5) is 0 Å². The topological polar surface area (TPSA) is 67.4 Å². The molecular formula is C8H4IN5. The molecular weight excluding hydrogens is 293 g/mol. The molecule has 0 unspecified atom stereocenters. The third kappa shape index (κ3) is 1.46. The van der Waals surface area contributed by atoms with Crippen molar-refractivity contribution in [2.45, 2.75) is 0 Å². The van der Waals surface area contributed by atoms with E-state index < -0.39 is 0 Å². The van der Waals surface area contributed by atoms with Gasteiger partial charge in [0.15, 0.2) is 5.82 Å². The van der Waals surface area contributed by atoms with Crippen LogP contribution in [0.5, 0.6) is 0 Å². The summed E-state index contributed by atoms with van der Waals surface area (Å²) in [6, 6.07) is 1.99. The van der Waals surface area contributed by atoms with E-state index in [0.717, 1.165) is 3.57 Å². The van der Waals surface area contributed by atoms with E-state index in [4.69, 9.17) is 5.26 Å². The van der Waals surface area contributed by atoms with E-state index in [1.165, 1.54) is 6.33 Å². The van der Waals surface area contributed by atoms with Crippen molar-refractivity contribution < 1.29 is 0 Å². The lowest BCUT2D eigenvalue weighted by atomic mass is 10.5. The van der Waals surface area contributed by atoms with Crippen molar-refractivity contribution in [3.05, 3.63) is 34.3 Å². The fraction of sp³-hybridized carbons (Fsp3) is 0. The minimum atomic E-state index is 0.321. The predicted molar refractivity (Wildman–Crippen MR) is 56.6 cm³/mol. The summed E-state index contributed by atoms with van der Waals surface area (Å²) in [4.78, 5) is 11.8. The second kappa shape index (κ2) is 3.71. The number of nitrogens with zero attached hydrogens (tertiary/aromatic N) is 5. The first-order valence-electron chi connectivity index (χ1n) is 3.72. The van der Waals surface area contributed by atoms with E-state index in [1.807, 2.05) is 6.07 Å². The average molecular weight is 297 g/mol. The van der Waals surface area contributed by atoms with Crippen LogP contribution in [0.15, 0.2) is 24.9 Å². The quantitative estimate of drug-likeness (QED) is 0.740. The number of rotatable bonds is 1. The molecule has 0 aliphatic heterocycles. The van der Waals surface area contributed by atoms with Crippen molar-refractivity contribution in [2.24, 2.45) is 0 Å². The van der Waals surface area contributed by atoms with Crippen molar-refractivity contribution in [1.82, 2.24) is 19.5 Å². The first-order valence-corrected chi connectivity index (χ1v) is 4.80. The molecule has 0 saturated carbocycles. The predicted octanol–water partition coefficient (Wildman–Crippen LogP) is 1.14. The largest absolute Gasteiger partial charge is 0.274 e. The Morgan fingerprint density at radius 1 is 1.43 bits per heavy atom. The van der Waals surface area contributed by atoms with Crippen molar-refractivity contribution in [2.75, 3.05) is 0 Å². The number of aromatic nitrogens is 4. The summed E-state index contributed by atoms with van der Waals surface area (Å²) in [5.74, 6) is 0.997. The fourth-order valence-corrected chi connectivity index (χ4v) is 1.60. The Labute approximate surface area is 93.6 Å². The summed E-state index contributed by atoms with van der Waals surface area (Å²) in [6.07, 6.45) is 6.39. The zero-order valence-electron chi connectivity index (χ0n) is 6.92. The summed E-state index contributed by atoms with van der Waals surface area (Å²) in [5.41, 5.74) is 0. The normalized spacial score (nSPS) is 9.71. The molecule has 0 aliphatic rings. The van der Waals surface area contributed by atoms with E-state index in [1.54, 1.807) is 23.2 Å². The highest BCUT2D eigenvalue weighted by Gasteiger charge is 2.07. The minimum Gasteiger partial charge on any atom is -0.274 e. The Morgan fingerprint density at radius 3 is 3.00 bits per heavy atom. The van der Waals surface area contributed by atoms with Gasteiger partial charge >= 0.3 is 0 Å². The third-order valence-corrected chi connectivity index (χ3v) is 2.38. The SMILES string of the molecule is N#Cc1nccn1-c1ncncc1I. The molecule has 2 rings (SSSR count). The van der Waals surface area contributed by atoms with Crippen molar-refractivity contribution >= 4 is 22.6 Å². The average Bonchev–Trinajstić information content (AvgIpc) is 2.66. The highest BCUT2D eigenvalue weighted by molar-refractivity contribution is 14.1. The van der Waals surface area contributed by atoms with Gasteiger partial charge in [0.2, 0.25) is 5.82 Å². The lowest BCUT2D eigenvalue weighted by Crippen LogP contribution is -2.02. The van der Waals surface area contributed by atoms with E-state index in [9.17, 15) is 0 Å². The first-order chi connectivity index (χ1) is 6.83. The van der Waals surface area contributed by atoms with Crippen LogP contribution < -0.4 is 0 Å². The second-order valence-corrected chi connectivity index (χ2v) is 3.59. The van der Waals surface area contributed by atoms with Gasteiger partial charge in [0, 0.05) is 18.6 Å². The summed E-state index contributed by atoms with van der Waals surface area (Å²) in [7, 11) is 0. The number of hydrogen-bond donors (Lipinski definition) is 0. The van der Waals surface area contributed by atoms with Crippen LogP contribution in [0.2, 0.25) is 0 Å². The smallest absolute Gasteiger partial charge is 0.218 e. The monoisotopic (exact) mass is 297 g/mol. The zero-order chi connectivity index (χ0) is 9.97. The zero-order valence-corrected chi connectivity index (χ0v) is 9.08. The second-order valence-electron chi connectivity index (χ2n) is 2.43. The van der Waals surface area contributed by atoms with Gasteiger partial charge in [-0.3, -0.25) is 4.57 Å². The summed E-state index contributed by atoms with van der Waals surface area (Å²) >= 11 is 2.11. The minimum absolute atomic E-state index is 0.321. The number of halogens is 1. The van der Waals surface area contributed by atoms with Crippen LogP contribution in [0.1, 0.15) is 5.82 Å². The molecule has 2 heterocycles. The van der Waals surface area contributed by atoms with Gasteiger partial charge in [-0.15, -0.1) is 0 Å². The van der Waals surface area contributed by atoms with Gasteiger partial charge < -0.3 is 0 Å². The molecule has 0 aromatic carbocycles. The molecule has 0 fully saturated rings. The van der Waals surface area contributed by atoms with Crippen LogP contribution in [0.3, 0.4) is 0 Å². The molecule has 2 aromatic heterocycles. The highest BCUT2D eigenvalue weighted by atomic mass is 127. The number of imidazole rings is 1. The molecule has 2 aromatic rings. The van der Waals surface area contributed by atoms with Crippen LogP contribution >= 0.6 is 22.6 Å². The Hall–Kier alpha value is -1.49. The fourth-order valence-electron chi connectivity index (χ4n) is 1.04. The van der Waals surface area contributed by atoms with Crippen LogP contribution in [-0.2, 0) is 0 Å². The maximum Gasteiger partial charge on any atom is 0.218 e. The van der Waals surface area contributed by atoms with Gasteiger partial charge in [0.1, 0.15) is 12.4 Å². The molecule has 6 heteroatoms. The summed E-state index contributed by atoms with van der Waals surface area (Å²) in [6.45, 7) is 0. The molecule has 5 nitrogen and oxygen atoms in total. The third-order valence-electron chi connectivity index (χ3n) is 1.62. The van der Waals surface area contributed by atoms with Gasteiger partial charge in [0.25, 0.3) is 0 Å². The summed E-state index contributed by atoms with van der Waals surface area (Å²) < 4.78 is 2.50. The molecule has 0 saturated heterocycles. The maximum atomic E-state index is 8.78. The Balaban J connectivity index is 2.62. The first kappa shape index (κ1) is 9.08. The van der Waals surface area contributed by atoms with Gasteiger partial charge in [0.05, 0.1) is 3.57 Å². The number of hydrogen-bond acceptors (Lipinski definition) is 4. The van der Waals surface area contributed by atoms with Gasteiger partial charge in [-0.1, -0.05) is 0 Å². The van der Waals surface area contributed by atoms with Crippen molar-refractivity contribution in [3.8, 4) is 11.9 Å². The van der Waals surface area contributed by atoms with Crippen LogP contribution in [0.25, 0.3) is 5.82 Å². The Morgan fingerprint density at radius 2 is 2.29 bits per heavy atom. The molecule has 0 atom stereocenters. The Bertz CT molecular complexity index is 498. The van der Waals surface area contributed by atoms with Crippen LogP contribution in [0, 0.1) is 14.9 Å². The summed E-state index contributed by atoms with van der Waals surface area (Å²) in [5, 5.41) is 8.78. The lowest BCUT2D eigenvalue weighted by Gasteiger charge is -2.02. The molecule has 14 heavy (non-hydrogen) atoms. The van der Waals surface area contributed by atoms with Crippen LogP contribution in [-0.4, -0.2) is 19.5 Å². The molecule has 0 radical (unpaired) electrons. The highest BCUT2D eigenvalue weighted by Crippen LogP contribution is 2.13. The molecule has 0 aliphatic carbocycles. The van der Waals surface area contributed by atoms with E-state index in [-0.39, 0.29) is 0 Å². The molecule has 0 spiro atoms. The Kier molecular flexibility index (Phi) is 2.41. The van der Waals surface area contributed by atoms with E-state index in [2.05, 4.69) is 37.5 Å².